The van der Waals surface area contributed by atoms with E-state index in [0.717, 1.165) is 0 Å². The van der Waals surface area contributed by atoms with Crippen LogP contribution >= 0.6 is 0 Å². The fourth-order valence-electron chi connectivity index (χ4n) is 2.43. The first-order valence-electron chi connectivity index (χ1n) is 7.77. The molecule has 1 aromatic heterocycles. The summed E-state index contributed by atoms with van der Waals surface area (Å²) in [5, 5.41) is 3.94. The SMILES string of the molecule is CCN(Cc1cc(-c2ccc(F)cc2)on1)S(=O)(=O)c1ccccc1. The third-order valence-corrected chi connectivity index (χ3v) is 5.69. The first-order valence-corrected chi connectivity index (χ1v) is 9.21. The second-order valence-corrected chi connectivity index (χ2v) is 7.37. The van der Waals surface area contributed by atoms with Crippen molar-refractivity contribution in [1.29, 1.82) is 0 Å². The first kappa shape index (κ1) is 17.3. The summed E-state index contributed by atoms with van der Waals surface area (Å²) in [5.41, 5.74) is 1.16. The Hall–Kier alpha value is -2.51. The average Bonchev–Trinajstić information content (AvgIpc) is 3.09. The fraction of sp³-hybridized carbons (Fsp3) is 0.167. The van der Waals surface area contributed by atoms with Gasteiger partial charge < -0.3 is 4.52 Å². The van der Waals surface area contributed by atoms with Crippen molar-refractivity contribution in [3.63, 3.8) is 0 Å². The van der Waals surface area contributed by atoms with Crippen LogP contribution in [0.4, 0.5) is 4.39 Å². The molecule has 130 valence electrons. The van der Waals surface area contributed by atoms with Crippen LogP contribution in [-0.4, -0.2) is 24.4 Å². The molecule has 3 aromatic rings. The van der Waals surface area contributed by atoms with E-state index >= 15 is 0 Å². The van der Waals surface area contributed by atoms with Gasteiger partial charge in [0.05, 0.1) is 17.1 Å². The van der Waals surface area contributed by atoms with Gasteiger partial charge >= 0.3 is 0 Å². The molecule has 25 heavy (non-hydrogen) atoms. The Balaban J connectivity index is 1.82. The molecule has 0 aliphatic heterocycles. The van der Waals surface area contributed by atoms with Crippen LogP contribution < -0.4 is 0 Å². The minimum Gasteiger partial charge on any atom is -0.356 e. The van der Waals surface area contributed by atoms with E-state index in [0.29, 0.717) is 23.6 Å². The van der Waals surface area contributed by atoms with Gasteiger partial charge in [0.15, 0.2) is 5.76 Å². The highest BCUT2D eigenvalue weighted by atomic mass is 32.2. The summed E-state index contributed by atoms with van der Waals surface area (Å²) in [7, 11) is -3.61. The summed E-state index contributed by atoms with van der Waals surface area (Å²) in [6, 6.07) is 15.7. The van der Waals surface area contributed by atoms with Crippen LogP contribution in [0.3, 0.4) is 0 Å². The van der Waals surface area contributed by atoms with Crippen LogP contribution in [0.15, 0.2) is 70.1 Å². The Bertz CT molecular complexity index is 938. The molecular formula is C18H17FN2O3S. The number of hydrogen-bond donors (Lipinski definition) is 0. The summed E-state index contributed by atoms with van der Waals surface area (Å²) in [4.78, 5) is 0.235. The molecule has 0 unspecified atom stereocenters. The highest BCUT2D eigenvalue weighted by Crippen LogP contribution is 2.23. The maximum Gasteiger partial charge on any atom is 0.243 e. The summed E-state index contributed by atoms with van der Waals surface area (Å²) in [5.74, 6) is 0.123. The van der Waals surface area contributed by atoms with Gasteiger partial charge in [0.25, 0.3) is 0 Å². The van der Waals surface area contributed by atoms with Crippen molar-refractivity contribution in [3.05, 3.63) is 72.2 Å². The molecule has 0 saturated heterocycles. The summed E-state index contributed by atoms with van der Waals surface area (Å²) < 4.78 is 45.0. The second kappa shape index (κ2) is 7.16. The zero-order valence-corrected chi connectivity index (χ0v) is 14.4. The molecule has 0 spiro atoms. The number of rotatable bonds is 6. The van der Waals surface area contributed by atoms with Crippen molar-refractivity contribution in [2.75, 3.05) is 6.54 Å². The standard InChI is InChI=1S/C18H17FN2O3S/c1-2-21(25(22,23)17-6-4-3-5-7-17)13-16-12-18(24-20-16)14-8-10-15(19)11-9-14/h3-12H,2,13H2,1H3. The Labute approximate surface area is 145 Å². The van der Waals surface area contributed by atoms with Crippen molar-refractivity contribution in [1.82, 2.24) is 9.46 Å². The van der Waals surface area contributed by atoms with Gasteiger partial charge in [-0.2, -0.15) is 4.31 Å². The van der Waals surface area contributed by atoms with Gasteiger partial charge in [0.2, 0.25) is 10.0 Å². The van der Waals surface area contributed by atoms with E-state index in [9.17, 15) is 12.8 Å². The number of nitrogens with zero attached hydrogens (tertiary/aromatic N) is 2. The Morgan fingerprint density at radius 1 is 1.08 bits per heavy atom. The van der Waals surface area contributed by atoms with E-state index in [-0.39, 0.29) is 17.3 Å². The molecule has 7 heteroatoms. The summed E-state index contributed by atoms with van der Waals surface area (Å²) in [6.07, 6.45) is 0. The molecule has 2 aromatic carbocycles. The van der Waals surface area contributed by atoms with Crippen LogP contribution in [0.5, 0.6) is 0 Å². The predicted molar refractivity (Wildman–Crippen MR) is 91.6 cm³/mol. The largest absolute Gasteiger partial charge is 0.356 e. The van der Waals surface area contributed by atoms with Crippen molar-refractivity contribution < 1.29 is 17.3 Å². The lowest BCUT2D eigenvalue weighted by atomic mass is 10.1. The van der Waals surface area contributed by atoms with Gasteiger partial charge in [-0.15, -0.1) is 0 Å². The Morgan fingerprint density at radius 2 is 1.76 bits per heavy atom. The van der Waals surface area contributed by atoms with E-state index < -0.39 is 10.0 Å². The molecule has 0 atom stereocenters. The zero-order chi connectivity index (χ0) is 17.9. The smallest absolute Gasteiger partial charge is 0.243 e. The van der Waals surface area contributed by atoms with Gasteiger partial charge in [-0.25, -0.2) is 12.8 Å². The highest BCUT2D eigenvalue weighted by molar-refractivity contribution is 7.89. The normalized spacial score (nSPS) is 11.8. The van der Waals surface area contributed by atoms with Gasteiger partial charge in [0, 0.05) is 18.2 Å². The van der Waals surface area contributed by atoms with E-state index in [1.54, 1.807) is 55.5 Å². The Morgan fingerprint density at radius 3 is 2.40 bits per heavy atom. The quantitative estimate of drug-likeness (QED) is 0.672. The monoisotopic (exact) mass is 360 g/mol. The number of benzene rings is 2. The van der Waals surface area contributed by atoms with E-state index in [4.69, 9.17) is 4.52 Å². The molecule has 3 rings (SSSR count). The first-order chi connectivity index (χ1) is 12.0. The number of aromatic nitrogens is 1. The molecule has 0 N–H and O–H groups in total. The molecule has 1 heterocycles. The second-order valence-electron chi connectivity index (χ2n) is 5.43. The minimum absolute atomic E-state index is 0.0957. The van der Waals surface area contributed by atoms with Crippen molar-refractivity contribution in [2.24, 2.45) is 0 Å². The molecule has 5 nitrogen and oxygen atoms in total. The van der Waals surface area contributed by atoms with Crippen LogP contribution in [0.25, 0.3) is 11.3 Å². The van der Waals surface area contributed by atoms with E-state index in [2.05, 4.69) is 5.16 Å². The van der Waals surface area contributed by atoms with Gasteiger partial charge in [-0.1, -0.05) is 30.3 Å². The topological polar surface area (TPSA) is 63.4 Å². The third kappa shape index (κ3) is 3.78. The molecule has 0 aliphatic rings. The Kier molecular flexibility index (Phi) is 4.96. The third-order valence-electron chi connectivity index (χ3n) is 3.76. The van der Waals surface area contributed by atoms with Crippen LogP contribution in [0.2, 0.25) is 0 Å². The maximum absolute atomic E-state index is 13.0. The zero-order valence-electron chi connectivity index (χ0n) is 13.6. The molecule has 0 fully saturated rings. The molecule has 0 bridgehead atoms. The van der Waals surface area contributed by atoms with Crippen LogP contribution in [-0.2, 0) is 16.6 Å². The average molecular weight is 360 g/mol. The molecule has 0 radical (unpaired) electrons. The van der Waals surface area contributed by atoms with Gasteiger partial charge in [-0.05, 0) is 36.4 Å². The predicted octanol–water partition coefficient (Wildman–Crippen LogP) is 3.69. The highest BCUT2D eigenvalue weighted by Gasteiger charge is 2.24. The maximum atomic E-state index is 13.0. The minimum atomic E-state index is -3.61. The number of hydrogen-bond acceptors (Lipinski definition) is 4. The van der Waals surface area contributed by atoms with Crippen molar-refractivity contribution >= 4 is 10.0 Å². The van der Waals surface area contributed by atoms with Gasteiger partial charge in [0.1, 0.15) is 5.82 Å². The molecule has 0 aliphatic carbocycles. The lowest BCUT2D eigenvalue weighted by Gasteiger charge is -2.19. The van der Waals surface area contributed by atoms with Crippen molar-refractivity contribution in [2.45, 2.75) is 18.4 Å². The lowest BCUT2D eigenvalue weighted by Crippen LogP contribution is -2.30. The lowest BCUT2D eigenvalue weighted by molar-refractivity contribution is 0.385. The fourth-order valence-corrected chi connectivity index (χ4v) is 3.87. The van der Waals surface area contributed by atoms with Gasteiger partial charge in [-0.3, -0.25) is 0 Å². The van der Waals surface area contributed by atoms with Crippen LogP contribution in [0.1, 0.15) is 12.6 Å². The number of halogens is 1. The summed E-state index contributed by atoms with van der Waals surface area (Å²) in [6.45, 7) is 2.16. The van der Waals surface area contributed by atoms with E-state index in [1.165, 1.54) is 16.4 Å². The van der Waals surface area contributed by atoms with Crippen molar-refractivity contribution in [3.8, 4) is 11.3 Å². The van der Waals surface area contributed by atoms with E-state index in [1.807, 2.05) is 0 Å². The molecular weight excluding hydrogens is 343 g/mol. The number of sulfonamides is 1. The molecule has 0 amide bonds. The van der Waals surface area contributed by atoms with Crippen LogP contribution in [0, 0.1) is 5.82 Å². The molecule has 0 saturated carbocycles. The summed E-state index contributed by atoms with van der Waals surface area (Å²) >= 11 is 0.